The average molecular weight is 339 g/mol. The molecule has 0 aliphatic carbocycles. The first kappa shape index (κ1) is 17.8. The molecule has 0 fully saturated rings. The van der Waals surface area contributed by atoms with Gasteiger partial charge in [0.05, 0.1) is 12.1 Å². The molecular weight excluding hydrogens is 319 g/mol. The van der Waals surface area contributed by atoms with Crippen molar-refractivity contribution in [2.45, 2.75) is 19.0 Å². The van der Waals surface area contributed by atoms with Crippen LogP contribution in [-0.4, -0.2) is 42.1 Å². The minimum Gasteiger partial charge on any atom is -0.356 e. The fourth-order valence-electron chi connectivity index (χ4n) is 2.11. The third kappa shape index (κ3) is 5.94. The van der Waals surface area contributed by atoms with Crippen molar-refractivity contribution >= 4 is 5.96 Å². The van der Waals surface area contributed by atoms with Crippen LogP contribution >= 0.6 is 0 Å². The van der Waals surface area contributed by atoms with E-state index in [1.807, 2.05) is 36.5 Å². The molecule has 2 aromatic rings. The Bertz CT molecular complexity index is 633. The van der Waals surface area contributed by atoms with E-state index < -0.39 is 12.6 Å². The number of guanidine groups is 1. The molecule has 130 valence electrons. The lowest BCUT2D eigenvalue weighted by Crippen LogP contribution is -2.39. The van der Waals surface area contributed by atoms with Gasteiger partial charge >= 0.3 is 6.18 Å². The van der Waals surface area contributed by atoms with E-state index >= 15 is 0 Å². The summed E-state index contributed by atoms with van der Waals surface area (Å²) in [5, 5.41) is 9.81. The summed E-state index contributed by atoms with van der Waals surface area (Å²) in [5.74, 6) is 0.368. The molecule has 24 heavy (non-hydrogen) atoms. The summed E-state index contributed by atoms with van der Waals surface area (Å²) in [6, 6.07) is 9.80. The lowest BCUT2D eigenvalue weighted by molar-refractivity contribution is -0.132. The fourth-order valence-corrected chi connectivity index (χ4v) is 2.11. The molecule has 0 bridgehead atoms. The number of rotatable bonds is 6. The molecule has 5 nitrogen and oxygen atoms in total. The SMILES string of the molecule is CN=C(NCCc1ccc(-n2cccn2)cc1)NCCC(F)(F)F. The van der Waals surface area contributed by atoms with E-state index in [4.69, 9.17) is 0 Å². The van der Waals surface area contributed by atoms with E-state index in [1.54, 1.807) is 10.9 Å². The van der Waals surface area contributed by atoms with Crippen LogP contribution in [0, 0.1) is 0 Å². The number of aromatic nitrogens is 2. The van der Waals surface area contributed by atoms with E-state index in [9.17, 15) is 13.2 Å². The van der Waals surface area contributed by atoms with E-state index in [0.29, 0.717) is 12.5 Å². The monoisotopic (exact) mass is 339 g/mol. The summed E-state index contributed by atoms with van der Waals surface area (Å²) in [5.41, 5.74) is 2.09. The van der Waals surface area contributed by atoms with Gasteiger partial charge in [0, 0.05) is 32.5 Å². The topological polar surface area (TPSA) is 54.2 Å². The van der Waals surface area contributed by atoms with Crippen LogP contribution in [-0.2, 0) is 6.42 Å². The Morgan fingerprint density at radius 3 is 2.46 bits per heavy atom. The summed E-state index contributed by atoms with van der Waals surface area (Å²) < 4.78 is 38.1. The molecule has 0 saturated heterocycles. The first-order valence-electron chi connectivity index (χ1n) is 7.58. The Morgan fingerprint density at radius 2 is 1.88 bits per heavy atom. The quantitative estimate of drug-likeness (QED) is 0.628. The van der Waals surface area contributed by atoms with Crippen LogP contribution < -0.4 is 10.6 Å². The maximum absolute atomic E-state index is 12.1. The first-order valence-corrected chi connectivity index (χ1v) is 7.58. The van der Waals surface area contributed by atoms with Crippen molar-refractivity contribution in [1.82, 2.24) is 20.4 Å². The van der Waals surface area contributed by atoms with Gasteiger partial charge in [-0.3, -0.25) is 4.99 Å². The third-order valence-electron chi connectivity index (χ3n) is 3.34. The maximum Gasteiger partial charge on any atom is 0.390 e. The van der Waals surface area contributed by atoms with Gasteiger partial charge in [-0.25, -0.2) is 4.68 Å². The molecule has 2 rings (SSSR count). The summed E-state index contributed by atoms with van der Waals surface area (Å²) >= 11 is 0. The van der Waals surface area contributed by atoms with Crippen LogP contribution in [0.1, 0.15) is 12.0 Å². The maximum atomic E-state index is 12.1. The Morgan fingerprint density at radius 1 is 1.17 bits per heavy atom. The van der Waals surface area contributed by atoms with Crippen molar-refractivity contribution in [3.8, 4) is 5.69 Å². The van der Waals surface area contributed by atoms with Crippen molar-refractivity contribution < 1.29 is 13.2 Å². The largest absolute Gasteiger partial charge is 0.390 e. The van der Waals surface area contributed by atoms with Gasteiger partial charge in [0.25, 0.3) is 0 Å². The molecule has 0 amide bonds. The van der Waals surface area contributed by atoms with E-state index in [2.05, 4.69) is 20.7 Å². The first-order chi connectivity index (χ1) is 11.5. The van der Waals surface area contributed by atoms with E-state index in [1.165, 1.54) is 7.05 Å². The van der Waals surface area contributed by atoms with Crippen LogP contribution in [0.3, 0.4) is 0 Å². The third-order valence-corrected chi connectivity index (χ3v) is 3.34. The fraction of sp³-hybridized carbons (Fsp3) is 0.375. The molecule has 0 spiro atoms. The van der Waals surface area contributed by atoms with Crippen LogP contribution in [0.4, 0.5) is 13.2 Å². The number of nitrogens with zero attached hydrogens (tertiary/aromatic N) is 3. The molecule has 0 unspecified atom stereocenters. The molecule has 1 heterocycles. The van der Waals surface area contributed by atoms with Gasteiger partial charge in [-0.05, 0) is 30.2 Å². The molecule has 0 saturated carbocycles. The van der Waals surface area contributed by atoms with Crippen molar-refractivity contribution in [3.05, 3.63) is 48.3 Å². The lowest BCUT2D eigenvalue weighted by atomic mass is 10.1. The van der Waals surface area contributed by atoms with Crippen LogP contribution in [0.2, 0.25) is 0 Å². The lowest BCUT2D eigenvalue weighted by Gasteiger charge is -2.13. The highest BCUT2D eigenvalue weighted by atomic mass is 19.4. The number of hydrogen-bond donors (Lipinski definition) is 2. The van der Waals surface area contributed by atoms with Crippen LogP contribution in [0.15, 0.2) is 47.7 Å². The predicted octanol–water partition coefficient (Wildman–Crippen LogP) is 2.53. The van der Waals surface area contributed by atoms with Crippen molar-refractivity contribution in [2.75, 3.05) is 20.1 Å². The Hall–Kier alpha value is -2.51. The van der Waals surface area contributed by atoms with E-state index in [-0.39, 0.29) is 6.54 Å². The standard InChI is InChI=1S/C16H20F3N5/c1-20-15(22-11-8-16(17,18)19)21-10-7-13-3-5-14(6-4-13)24-12-2-9-23-24/h2-6,9,12H,7-8,10-11H2,1H3,(H2,20,21,22). The van der Waals surface area contributed by atoms with Gasteiger partial charge < -0.3 is 10.6 Å². The molecule has 2 N–H and O–H groups in total. The summed E-state index contributed by atoms with van der Waals surface area (Å²) in [7, 11) is 1.53. The normalized spacial score (nSPS) is 12.2. The molecule has 0 aliphatic heterocycles. The highest BCUT2D eigenvalue weighted by Gasteiger charge is 2.26. The second-order valence-electron chi connectivity index (χ2n) is 5.16. The van der Waals surface area contributed by atoms with Crippen LogP contribution in [0.25, 0.3) is 5.69 Å². The summed E-state index contributed by atoms with van der Waals surface area (Å²) in [6.07, 6.45) is -0.730. The van der Waals surface area contributed by atoms with E-state index in [0.717, 1.165) is 17.7 Å². The van der Waals surface area contributed by atoms with Crippen molar-refractivity contribution in [3.63, 3.8) is 0 Å². The Kier molecular flexibility index (Phi) is 6.22. The van der Waals surface area contributed by atoms with Crippen molar-refractivity contribution in [2.24, 2.45) is 4.99 Å². The number of halogens is 3. The average Bonchev–Trinajstić information content (AvgIpc) is 3.07. The van der Waals surface area contributed by atoms with Crippen molar-refractivity contribution in [1.29, 1.82) is 0 Å². The number of nitrogens with one attached hydrogen (secondary N) is 2. The number of benzene rings is 1. The highest BCUT2D eigenvalue weighted by molar-refractivity contribution is 5.79. The zero-order valence-electron chi connectivity index (χ0n) is 13.3. The van der Waals surface area contributed by atoms with Gasteiger partial charge in [-0.15, -0.1) is 0 Å². The zero-order valence-corrected chi connectivity index (χ0v) is 13.3. The van der Waals surface area contributed by atoms with Gasteiger partial charge in [0.1, 0.15) is 0 Å². The van der Waals surface area contributed by atoms with Crippen LogP contribution in [0.5, 0.6) is 0 Å². The molecule has 1 aromatic heterocycles. The number of hydrogen-bond acceptors (Lipinski definition) is 2. The van der Waals surface area contributed by atoms with Gasteiger partial charge in [0.2, 0.25) is 0 Å². The Balaban J connectivity index is 1.74. The minimum absolute atomic E-state index is 0.193. The zero-order chi connectivity index (χ0) is 17.4. The van der Waals surface area contributed by atoms with Gasteiger partial charge in [-0.1, -0.05) is 12.1 Å². The number of alkyl halides is 3. The summed E-state index contributed by atoms with van der Waals surface area (Å²) in [4.78, 5) is 3.90. The van der Waals surface area contributed by atoms with Gasteiger partial charge in [0.15, 0.2) is 5.96 Å². The smallest absolute Gasteiger partial charge is 0.356 e. The minimum atomic E-state index is -4.16. The number of aliphatic imine (C=N–C) groups is 1. The molecular formula is C16H20F3N5. The predicted molar refractivity (Wildman–Crippen MR) is 87.3 cm³/mol. The Labute approximate surface area is 138 Å². The summed E-state index contributed by atoms with van der Waals surface area (Å²) in [6.45, 7) is 0.383. The second-order valence-corrected chi connectivity index (χ2v) is 5.16. The molecule has 0 aliphatic rings. The van der Waals surface area contributed by atoms with Gasteiger partial charge in [-0.2, -0.15) is 18.3 Å². The molecule has 8 heteroatoms. The molecule has 0 radical (unpaired) electrons. The second kappa shape index (κ2) is 8.37. The highest BCUT2D eigenvalue weighted by Crippen LogP contribution is 2.18. The molecule has 0 atom stereocenters. The molecule has 1 aromatic carbocycles.